The van der Waals surface area contributed by atoms with Crippen LogP contribution in [0.15, 0.2) is 133 Å². The number of hydrogen-bond donors (Lipinski definition) is 1. The van der Waals surface area contributed by atoms with E-state index in [9.17, 15) is 5.11 Å². The van der Waals surface area contributed by atoms with Crippen LogP contribution in [0.5, 0.6) is 5.75 Å². The third-order valence-corrected chi connectivity index (χ3v) is 4.03. The molecule has 0 unspecified atom stereocenters. The van der Waals surface area contributed by atoms with Crippen LogP contribution >= 0.6 is 24.8 Å². The van der Waals surface area contributed by atoms with Crippen LogP contribution in [0.3, 0.4) is 0 Å². The van der Waals surface area contributed by atoms with Gasteiger partial charge in [0.15, 0.2) is 0 Å². The molecule has 4 aromatic carbocycles. The van der Waals surface area contributed by atoms with Crippen molar-refractivity contribution in [1.29, 1.82) is 0 Å². The maximum absolute atomic E-state index is 9.27. The first-order chi connectivity index (χ1) is 16.3. The van der Waals surface area contributed by atoms with E-state index in [1.165, 1.54) is 5.57 Å². The molecule has 0 radical (unpaired) electrons. The summed E-state index contributed by atoms with van der Waals surface area (Å²) in [5.41, 5.74) is 3.44. The molecule has 0 amide bonds. The van der Waals surface area contributed by atoms with Crippen molar-refractivity contribution >= 4 is 29.6 Å². The zero-order chi connectivity index (χ0) is 24.0. The molecule has 0 aromatic heterocycles. The van der Waals surface area contributed by atoms with Gasteiger partial charge in [-0.2, -0.15) is 78.9 Å². The fourth-order valence-electron chi connectivity index (χ4n) is 2.51. The van der Waals surface area contributed by atoms with E-state index >= 15 is 0 Å². The third kappa shape index (κ3) is 18.3. The van der Waals surface area contributed by atoms with Gasteiger partial charge in [-0.3, -0.25) is 6.08 Å². The minimum Gasteiger partial charge on any atom is -0.184 e. The van der Waals surface area contributed by atoms with Gasteiger partial charge in [0.2, 0.25) is 0 Å². The summed E-state index contributed by atoms with van der Waals surface area (Å²) in [6.45, 7) is 2.06. The Bertz CT molecular complexity index is 949. The molecule has 182 valence electrons. The number of aromatic hydroxyl groups is 1. The minimum atomic E-state index is 0. The third-order valence-electron chi connectivity index (χ3n) is 4.03. The Morgan fingerprint density at radius 3 is 1.49 bits per heavy atom. The van der Waals surface area contributed by atoms with Crippen LogP contribution < -0.4 is 0 Å². The molecule has 5 rings (SSSR count). The Hall–Kier alpha value is -2.68. The van der Waals surface area contributed by atoms with Crippen LogP contribution in [0.2, 0.25) is 0 Å². The number of benzene rings is 4. The molecule has 1 N–H and O–H groups in total. The quantitative estimate of drug-likeness (QED) is 0.190. The average molecular weight is 538 g/mol. The predicted molar refractivity (Wildman–Crippen MR) is 152 cm³/mol. The van der Waals surface area contributed by atoms with Crippen molar-refractivity contribution in [3.8, 4) is 16.9 Å². The van der Waals surface area contributed by atoms with Gasteiger partial charge < -0.3 is 5.11 Å². The van der Waals surface area contributed by atoms with Gasteiger partial charge in [0, 0.05) is 0 Å². The van der Waals surface area contributed by atoms with Gasteiger partial charge in [-0.25, -0.2) is 11.6 Å². The normalized spacial score (nSPS) is 9.66. The summed E-state index contributed by atoms with van der Waals surface area (Å²) in [6.07, 6.45) is 8.33. The fourth-order valence-corrected chi connectivity index (χ4v) is 2.51. The molecule has 35 heavy (non-hydrogen) atoms. The summed E-state index contributed by atoms with van der Waals surface area (Å²) < 4.78 is 0. The van der Waals surface area contributed by atoms with E-state index in [-0.39, 0.29) is 24.8 Å². The Morgan fingerprint density at radius 1 is 0.686 bits per heavy atom. The predicted octanol–water partition coefficient (Wildman–Crippen LogP) is 8.54. The zero-order valence-electron chi connectivity index (χ0n) is 19.8. The van der Waals surface area contributed by atoms with Crippen LogP contribution in [0.25, 0.3) is 11.1 Å². The fraction of sp³-hybridized carbons (Fsp3) is 0.0645. The molecule has 0 aliphatic heterocycles. The van der Waals surface area contributed by atoms with Gasteiger partial charge in [-0.05, 0) is 23.3 Å². The van der Waals surface area contributed by atoms with Crippen molar-refractivity contribution in [2.75, 3.05) is 0 Å². The summed E-state index contributed by atoms with van der Waals surface area (Å²) in [6, 6.07) is 42.3. The first-order valence-electron chi connectivity index (χ1n) is 10.5. The number of halogens is 2. The molecule has 0 atom stereocenters. The average Bonchev–Trinajstić information content (AvgIpc) is 3.40. The number of hydrogen-bond acceptors (Lipinski definition) is 1. The van der Waals surface area contributed by atoms with Crippen molar-refractivity contribution in [3.63, 3.8) is 0 Å². The van der Waals surface area contributed by atoms with Crippen molar-refractivity contribution < 1.29 is 25.1 Å². The molecule has 4 aromatic rings. The van der Waals surface area contributed by atoms with Gasteiger partial charge in [0.25, 0.3) is 0 Å². The number of phenols is 1. The number of rotatable bonds is 1. The smallest absolute Gasteiger partial charge is 0.171 e. The van der Waals surface area contributed by atoms with Crippen LogP contribution in [0, 0.1) is 18.2 Å². The molecule has 0 fully saturated rings. The molecule has 0 spiro atoms. The van der Waals surface area contributed by atoms with Gasteiger partial charge in [0.1, 0.15) is 5.75 Å². The van der Waals surface area contributed by atoms with Gasteiger partial charge in [-0.1, -0.05) is 49.4 Å². The molecule has 0 saturated heterocycles. The van der Waals surface area contributed by atoms with Crippen molar-refractivity contribution in [2.24, 2.45) is 0 Å². The standard InChI is InChI=1S/C12H10O.C6H7.2C6H5.CH2.2ClH.Ti/c13-12-8-4-7-11(9-12)10-5-2-1-3-6-10;1-6-4-2-3-5-6;2*1-2-4-6-5-3-1;;;;/h1-9,13H;2,4H,3H2,1H3;2*1-5H;1H2;2*1H;/q;3*-1;;;;. The van der Waals surface area contributed by atoms with Gasteiger partial charge in [0.05, 0.1) is 0 Å². The van der Waals surface area contributed by atoms with Crippen LogP contribution in [-0.4, -0.2) is 9.92 Å². The molecular formula is C31H31Cl2OTi-3. The van der Waals surface area contributed by atoms with Crippen LogP contribution in [-0.2, 0) is 20.0 Å². The molecule has 0 bridgehead atoms. The van der Waals surface area contributed by atoms with Crippen LogP contribution in [0.4, 0.5) is 0 Å². The summed E-state index contributed by atoms with van der Waals surface area (Å²) in [5, 5.41) is 9.27. The Labute approximate surface area is 235 Å². The Kier molecular flexibility index (Phi) is 24.1. The van der Waals surface area contributed by atoms with E-state index in [2.05, 4.69) is 42.1 Å². The maximum Gasteiger partial charge on any atom is -0.171 e. The summed E-state index contributed by atoms with van der Waals surface area (Å²) in [5.74, 6) is 0.307. The molecule has 0 heterocycles. The van der Waals surface area contributed by atoms with E-state index in [4.69, 9.17) is 0 Å². The first-order valence-corrected chi connectivity index (χ1v) is 11.6. The van der Waals surface area contributed by atoms with E-state index in [0.29, 0.717) is 5.75 Å². The van der Waals surface area contributed by atoms with Crippen molar-refractivity contribution in [2.45, 2.75) is 13.3 Å². The van der Waals surface area contributed by atoms with E-state index < -0.39 is 0 Å². The molecule has 1 aliphatic rings. The van der Waals surface area contributed by atoms with E-state index in [0.717, 1.165) is 17.5 Å². The monoisotopic (exact) mass is 537 g/mol. The Balaban J connectivity index is 0. The second-order valence-corrected chi connectivity index (χ2v) is 6.54. The topological polar surface area (TPSA) is 20.2 Å². The second-order valence-electron chi connectivity index (χ2n) is 6.54. The summed E-state index contributed by atoms with van der Waals surface area (Å²) in [4.78, 5) is 3.25. The summed E-state index contributed by atoms with van der Waals surface area (Å²) in [7, 11) is 0. The molecule has 0 saturated carbocycles. The first kappa shape index (κ1) is 34.5. The van der Waals surface area contributed by atoms with Crippen molar-refractivity contribution in [3.05, 3.63) is 151 Å². The molecule has 1 aliphatic carbocycles. The Morgan fingerprint density at radius 2 is 1.17 bits per heavy atom. The minimum absolute atomic E-state index is 0. The van der Waals surface area contributed by atoms with Crippen LogP contribution in [0.1, 0.15) is 13.3 Å². The number of allylic oxidation sites excluding steroid dienone is 4. The maximum atomic E-state index is 9.27. The number of phenolic OH excluding ortho intramolecular Hbond substituents is 1. The molecule has 1 nitrogen and oxygen atoms in total. The van der Waals surface area contributed by atoms with Gasteiger partial charge in [-0.15, -0.1) is 31.2 Å². The summed E-state index contributed by atoms with van der Waals surface area (Å²) >= 11 is 1.75. The van der Waals surface area contributed by atoms with E-state index in [1.54, 1.807) is 32.1 Å². The zero-order valence-corrected chi connectivity index (χ0v) is 23.0. The van der Waals surface area contributed by atoms with Gasteiger partial charge >= 0.3 is 24.8 Å². The SMILES string of the molecule is CC1=[C-]CC=C1.Cl.Cl.Oc1cccc(-c2ccccc2)c1.[CH2]=[Ti].[c-]1ccccc1.[c-]1ccccc1. The second kappa shape index (κ2) is 24.4. The van der Waals surface area contributed by atoms with Crippen molar-refractivity contribution in [1.82, 2.24) is 0 Å². The van der Waals surface area contributed by atoms with E-state index in [1.807, 2.05) is 103 Å². The molecular weight excluding hydrogens is 507 g/mol. The molecule has 4 heteroatoms. The largest absolute Gasteiger partial charge is 0.184 e.